The third-order valence-corrected chi connectivity index (χ3v) is 5.02. The highest BCUT2D eigenvalue weighted by molar-refractivity contribution is 6.35. The number of nitrogens with one attached hydrogen (secondary N) is 2. The molecule has 9 heteroatoms. The number of allylic oxidation sites excluding steroid dienone is 1. The minimum absolute atomic E-state index is 0.0174. The lowest BCUT2D eigenvalue weighted by Gasteiger charge is -2.21. The van der Waals surface area contributed by atoms with Gasteiger partial charge in [-0.05, 0) is 28.9 Å². The third kappa shape index (κ3) is 18.2. The lowest BCUT2D eigenvalue weighted by atomic mass is 9.96. The Morgan fingerprint density at radius 2 is 1.31 bits per heavy atom. The van der Waals surface area contributed by atoms with E-state index in [1.807, 2.05) is 41.5 Å². The number of aromatic amines is 1. The smallest absolute Gasteiger partial charge is 0.237 e. The topological polar surface area (TPSA) is 155 Å². The number of Topliss-reactive ketones (excluding diaryl/α,β-unsaturated/α-hetero) is 1. The molecule has 0 radical (unpaired) electrons. The van der Waals surface area contributed by atoms with Crippen LogP contribution in [0, 0.1) is 11.8 Å². The first kappa shape index (κ1) is 43.1. The van der Waals surface area contributed by atoms with E-state index in [1.165, 1.54) is 37.9 Å². The molecule has 0 spiro atoms. The molecule has 2 aliphatic heterocycles. The second-order valence-corrected chi connectivity index (χ2v) is 10.7. The molecule has 0 saturated heterocycles. The van der Waals surface area contributed by atoms with E-state index in [0.717, 1.165) is 11.1 Å². The van der Waals surface area contributed by atoms with Crippen LogP contribution in [0.25, 0.3) is 0 Å². The van der Waals surface area contributed by atoms with Crippen molar-refractivity contribution in [2.45, 2.75) is 114 Å². The molecule has 0 amide bonds. The van der Waals surface area contributed by atoms with Crippen LogP contribution in [-0.2, 0) is 4.79 Å². The molecular weight excluding hydrogens is 534 g/mol. The SMILES string of the molecule is CC(C)C1=C(O)C(=O)C=NC1.CC(C)C1=CNC=C(O)C1O.CC(C)c1c[nH]cc(O)c1=O.CCC.CCC.CCC. The number of hydrogen-bond acceptors (Lipinski definition) is 8. The standard InChI is InChI=1S/C8H13NO2.2C8H11NO2.3C3H8/c3*1-5(2)6-3-9-4-7(10)8(6)11;3*1-3-2/h3-5,8-11H,1-2H3;4-5,11H,3H2,1-2H3;3-5,10H,1-2H3,(H,9,11);3*3H2,1-2H3. The summed E-state index contributed by atoms with van der Waals surface area (Å²) in [6.07, 6.45) is 10.1. The van der Waals surface area contributed by atoms with Crippen LogP contribution < -0.4 is 10.7 Å². The molecule has 42 heavy (non-hydrogen) atoms. The molecule has 0 aliphatic carbocycles. The van der Waals surface area contributed by atoms with Crippen molar-refractivity contribution in [3.05, 3.63) is 63.2 Å². The minimum atomic E-state index is -0.823. The van der Waals surface area contributed by atoms with Gasteiger partial charge >= 0.3 is 0 Å². The summed E-state index contributed by atoms with van der Waals surface area (Å²) in [5, 5.41) is 39.5. The first-order chi connectivity index (χ1) is 19.6. The third-order valence-electron chi connectivity index (χ3n) is 5.02. The number of ketones is 1. The van der Waals surface area contributed by atoms with E-state index in [0.29, 0.717) is 12.1 Å². The van der Waals surface area contributed by atoms with E-state index in [2.05, 4.69) is 56.8 Å². The average molecular weight is 594 g/mol. The van der Waals surface area contributed by atoms with Crippen LogP contribution in [0.15, 0.2) is 57.2 Å². The molecule has 1 aromatic heterocycles. The molecule has 0 aromatic carbocycles. The van der Waals surface area contributed by atoms with Gasteiger partial charge in [-0.15, -0.1) is 0 Å². The van der Waals surface area contributed by atoms with Gasteiger partial charge in [0.2, 0.25) is 11.2 Å². The van der Waals surface area contributed by atoms with Gasteiger partial charge in [0.25, 0.3) is 0 Å². The second-order valence-electron chi connectivity index (χ2n) is 10.7. The Kier molecular flexibility index (Phi) is 26.1. The number of dihydropyridines is 2. The van der Waals surface area contributed by atoms with E-state index < -0.39 is 6.10 Å². The minimum Gasteiger partial charge on any atom is -0.508 e. The number of pyridine rings is 1. The van der Waals surface area contributed by atoms with Crippen molar-refractivity contribution in [1.29, 1.82) is 0 Å². The van der Waals surface area contributed by atoms with E-state index in [-0.39, 0.29) is 46.2 Å². The normalized spacial score (nSPS) is 15.1. The summed E-state index contributed by atoms with van der Waals surface area (Å²) >= 11 is 0. The van der Waals surface area contributed by atoms with Crippen molar-refractivity contribution < 1.29 is 25.2 Å². The zero-order chi connectivity index (χ0) is 33.4. The summed E-state index contributed by atoms with van der Waals surface area (Å²) in [6, 6.07) is 0. The lowest BCUT2D eigenvalue weighted by Crippen LogP contribution is -2.24. The number of carbonyl (C=O) groups is 1. The number of hydrogen-bond donors (Lipinski definition) is 6. The largest absolute Gasteiger partial charge is 0.508 e. The maximum Gasteiger partial charge on any atom is 0.237 e. The number of aromatic nitrogens is 1. The Hall–Kier alpha value is -3.33. The van der Waals surface area contributed by atoms with Crippen LogP contribution in [0.1, 0.15) is 114 Å². The Morgan fingerprint density at radius 1 is 0.810 bits per heavy atom. The van der Waals surface area contributed by atoms with Gasteiger partial charge < -0.3 is 30.7 Å². The van der Waals surface area contributed by atoms with Crippen LogP contribution in [0.4, 0.5) is 0 Å². The fourth-order valence-electron chi connectivity index (χ4n) is 2.93. The maximum atomic E-state index is 11.1. The van der Waals surface area contributed by atoms with Gasteiger partial charge in [-0.3, -0.25) is 14.6 Å². The van der Waals surface area contributed by atoms with Crippen molar-refractivity contribution in [1.82, 2.24) is 10.3 Å². The van der Waals surface area contributed by atoms with E-state index in [9.17, 15) is 19.8 Å². The van der Waals surface area contributed by atoms with E-state index in [1.54, 1.807) is 12.4 Å². The molecule has 3 rings (SSSR count). The van der Waals surface area contributed by atoms with Gasteiger partial charge in [-0.2, -0.15) is 0 Å². The van der Waals surface area contributed by atoms with Gasteiger partial charge in [0, 0.05) is 30.4 Å². The zero-order valence-corrected chi connectivity index (χ0v) is 28.1. The predicted molar refractivity (Wildman–Crippen MR) is 176 cm³/mol. The van der Waals surface area contributed by atoms with Crippen LogP contribution in [0.5, 0.6) is 5.75 Å². The fourth-order valence-corrected chi connectivity index (χ4v) is 2.93. The summed E-state index contributed by atoms with van der Waals surface area (Å²) in [5.74, 6) is -0.141. The van der Waals surface area contributed by atoms with Crippen molar-refractivity contribution in [2.75, 3.05) is 6.54 Å². The fraction of sp³-hybridized carbons (Fsp3) is 0.606. The molecule has 3 heterocycles. The number of aliphatic hydroxyl groups excluding tert-OH is 3. The van der Waals surface area contributed by atoms with Gasteiger partial charge in [0.15, 0.2) is 11.5 Å². The number of aliphatic imine (C=N–C) groups is 1. The van der Waals surface area contributed by atoms with Gasteiger partial charge in [-0.1, -0.05) is 102 Å². The summed E-state index contributed by atoms with van der Waals surface area (Å²) in [7, 11) is 0. The summed E-state index contributed by atoms with van der Waals surface area (Å²) in [5.41, 5.74) is 1.88. The monoisotopic (exact) mass is 593 g/mol. The molecular formula is C33H59N3O6. The van der Waals surface area contributed by atoms with Crippen molar-refractivity contribution >= 4 is 12.0 Å². The summed E-state index contributed by atoms with van der Waals surface area (Å²) in [6.45, 7) is 24.8. The zero-order valence-electron chi connectivity index (χ0n) is 28.1. The predicted octanol–water partition coefficient (Wildman–Crippen LogP) is 7.45. The Bertz CT molecular complexity index is 1050. The van der Waals surface area contributed by atoms with Crippen molar-refractivity contribution in [2.24, 2.45) is 16.8 Å². The molecule has 6 N–H and O–H groups in total. The lowest BCUT2D eigenvalue weighted by molar-refractivity contribution is -0.111. The number of aliphatic hydroxyl groups is 3. The maximum absolute atomic E-state index is 11.1. The first-order valence-electron chi connectivity index (χ1n) is 15.0. The van der Waals surface area contributed by atoms with Crippen LogP contribution in [-0.4, -0.2) is 50.1 Å². The average Bonchev–Trinajstić information content (AvgIpc) is 2.90. The molecule has 0 bridgehead atoms. The van der Waals surface area contributed by atoms with Crippen LogP contribution in [0.3, 0.4) is 0 Å². The van der Waals surface area contributed by atoms with Crippen molar-refractivity contribution in [3.8, 4) is 5.75 Å². The van der Waals surface area contributed by atoms with Gasteiger partial charge in [0.05, 0.1) is 12.8 Å². The van der Waals surface area contributed by atoms with Gasteiger partial charge in [-0.25, -0.2) is 0 Å². The molecule has 1 atom stereocenters. The van der Waals surface area contributed by atoms with Gasteiger partial charge in [0.1, 0.15) is 11.9 Å². The summed E-state index contributed by atoms with van der Waals surface area (Å²) in [4.78, 5) is 28.5. The Labute approximate surface area is 254 Å². The molecule has 0 saturated carbocycles. The number of H-pyrrole nitrogens is 1. The van der Waals surface area contributed by atoms with E-state index >= 15 is 0 Å². The first-order valence-corrected chi connectivity index (χ1v) is 15.0. The highest BCUT2D eigenvalue weighted by Crippen LogP contribution is 2.20. The quantitative estimate of drug-likeness (QED) is 0.213. The highest BCUT2D eigenvalue weighted by Gasteiger charge is 2.20. The second kappa shape index (κ2) is 25.4. The van der Waals surface area contributed by atoms with Crippen LogP contribution >= 0.6 is 0 Å². The van der Waals surface area contributed by atoms with Crippen LogP contribution in [0.2, 0.25) is 0 Å². The van der Waals surface area contributed by atoms with Crippen molar-refractivity contribution in [3.63, 3.8) is 0 Å². The molecule has 1 unspecified atom stereocenters. The summed E-state index contributed by atoms with van der Waals surface area (Å²) < 4.78 is 0. The number of rotatable bonds is 3. The number of nitrogens with zero attached hydrogens (tertiary/aromatic N) is 1. The molecule has 0 fully saturated rings. The molecule has 9 nitrogen and oxygen atoms in total. The Balaban J connectivity index is -0.000000475. The highest BCUT2D eigenvalue weighted by atomic mass is 16.3. The Morgan fingerprint density at radius 3 is 1.67 bits per heavy atom. The number of carbonyl (C=O) groups excluding carboxylic acids is 1. The molecule has 2 aliphatic rings. The molecule has 242 valence electrons. The van der Waals surface area contributed by atoms with E-state index in [4.69, 9.17) is 10.2 Å². The number of aromatic hydroxyl groups is 1. The molecule has 1 aromatic rings.